The Morgan fingerprint density at radius 1 is 0.947 bits per heavy atom. The molecule has 0 aliphatic heterocycles. The van der Waals surface area contributed by atoms with E-state index in [2.05, 4.69) is 19.2 Å². The van der Waals surface area contributed by atoms with Crippen LogP contribution in [0.2, 0.25) is 0 Å². The molecule has 0 heterocycles. The van der Waals surface area contributed by atoms with E-state index in [0.29, 0.717) is 12.6 Å². The lowest BCUT2D eigenvalue weighted by atomic mass is 9.99. The van der Waals surface area contributed by atoms with Crippen molar-refractivity contribution in [2.45, 2.75) is 26.4 Å². The third-order valence-electron chi connectivity index (χ3n) is 2.93. The summed E-state index contributed by atoms with van der Waals surface area (Å²) in [5.41, 5.74) is 2.62. The van der Waals surface area contributed by atoms with Gasteiger partial charge in [0.15, 0.2) is 0 Å². The zero-order chi connectivity index (χ0) is 13.8. The van der Waals surface area contributed by atoms with Crippen molar-refractivity contribution in [3.63, 3.8) is 0 Å². The fourth-order valence-corrected chi connectivity index (χ4v) is 1.92. The van der Waals surface area contributed by atoms with Crippen LogP contribution in [0.5, 0.6) is 0 Å². The van der Waals surface area contributed by atoms with Gasteiger partial charge in [0, 0.05) is 12.6 Å². The predicted octanol–water partition coefficient (Wildman–Crippen LogP) is 4.13. The molecular formula is C16H17F2N. The Hall–Kier alpha value is -1.74. The van der Waals surface area contributed by atoms with Gasteiger partial charge in [-0.3, -0.25) is 0 Å². The number of nitrogens with one attached hydrogen (secondary N) is 1. The van der Waals surface area contributed by atoms with Crippen LogP contribution in [0.4, 0.5) is 8.78 Å². The molecule has 1 N–H and O–H groups in total. The molecule has 2 aromatic carbocycles. The van der Waals surface area contributed by atoms with Crippen LogP contribution in [0.1, 0.15) is 19.4 Å². The molecule has 0 spiro atoms. The Morgan fingerprint density at radius 2 is 1.58 bits per heavy atom. The van der Waals surface area contributed by atoms with E-state index in [-0.39, 0.29) is 11.6 Å². The normalized spacial score (nSPS) is 11.0. The summed E-state index contributed by atoms with van der Waals surface area (Å²) in [5, 5.41) is 3.31. The Labute approximate surface area is 112 Å². The number of hydrogen-bond donors (Lipinski definition) is 1. The molecule has 0 saturated heterocycles. The maximum Gasteiger partial charge on any atom is 0.123 e. The molecule has 0 aliphatic carbocycles. The zero-order valence-corrected chi connectivity index (χ0v) is 11.1. The van der Waals surface area contributed by atoms with Crippen LogP contribution in [-0.2, 0) is 6.54 Å². The summed E-state index contributed by atoms with van der Waals surface area (Å²) in [6.45, 7) is 4.77. The summed E-state index contributed by atoms with van der Waals surface area (Å²) >= 11 is 0. The highest BCUT2D eigenvalue weighted by molar-refractivity contribution is 5.67. The topological polar surface area (TPSA) is 12.0 Å². The fraction of sp³-hybridized carbons (Fsp3) is 0.250. The van der Waals surface area contributed by atoms with Gasteiger partial charge >= 0.3 is 0 Å². The molecule has 0 bridgehead atoms. The predicted molar refractivity (Wildman–Crippen MR) is 73.8 cm³/mol. The highest BCUT2D eigenvalue weighted by Crippen LogP contribution is 2.25. The van der Waals surface area contributed by atoms with Gasteiger partial charge in [-0.2, -0.15) is 0 Å². The molecule has 0 aromatic heterocycles. The first-order valence-corrected chi connectivity index (χ1v) is 6.34. The molecule has 0 unspecified atom stereocenters. The number of rotatable bonds is 4. The van der Waals surface area contributed by atoms with E-state index >= 15 is 0 Å². The van der Waals surface area contributed by atoms with Gasteiger partial charge in [-0.05, 0) is 41.0 Å². The second-order valence-electron chi connectivity index (χ2n) is 4.84. The van der Waals surface area contributed by atoms with E-state index in [1.807, 2.05) is 0 Å². The van der Waals surface area contributed by atoms with Crippen molar-refractivity contribution < 1.29 is 8.78 Å². The Kier molecular flexibility index (Phi) is 4.27. The average molecular weight is 261 g/mol. The molecule has 2 aromatic rings. The second kappa shape index (κ2) is 5.93. The monoisotopic (exact) mass is 261 g/mol. The molecule has 0 radical (unpaired) electrons. The minimum Gasteiger partial charge on any atom is -0.310 e. The fourth-order valence-electron chi connectivity index (χ4n) is 1.92. The summed E-state index contributed by atoms with van der Waals surface area (Å²) in [7, 11) is 0. The number of hydrogen-bond acceptors (Lipinski definition) is 1. The highest BCUT2D eigenvalue weighted by Gasteiger charge is 2.07. The molecule has 3 heteroatoms. The number of benzene rings is 2. The Balaban J connectivity index is 2.36. The standard InChI is InChI=1S/C16H17F2N/c1-11(2)19-10-13-5-8-15(18)9-16(13)12-3-6-14(17)7-4-12/h3-9,11,19H,10H2,1-2H3. The minimum absolute atomic E-state index is 0.285. The molecule has 0 aliphatic rings. The zero-order valence-electron chi connectivity index (χ0n) is 11.1. The van der Waals surface area contributed by atoms with Gasteiger partial charge in [0.1, 0.15) is 11.6 Å². The van der Waals surface area contributed by atoms with Crippen molar-refractivity contribution in [3.05, 3.63) is 59.7 Å². The van der Waals surface area contributed by atoms with E-state index in [4.69, 9.17) is 0 Å². The first-order valence-electron chi connectivity index (χ1n) is 6.34. The van der Waals surface area contributed by atoms with Gasteiger partial charge in [-0.1, -0.05) is 32.0 Å². The summed E-state index contributed by atoms with van der Waals surface area (Å²) in [5.74, 6) is -0.574. The van der Waals surface area contributed by atoms with Crippen molar-refractivity contribution in [1.29, 1.82) is 0 Å². The lowest BCUT2D eigenvalue weighted by Gasteiger charge is -2.13. The number of halogens is 2. The van der Waals surface area contributed by atoms with Gasteiger partial charge in [0.25, 0.3) is 0 Å². The first kappa shape index (κ1) is 13.7. The van der Waals surface area contributed by atoms with Crippen molar-refractivity contribution in [3.8, 4) is 11.1 Å². The average Bonchev–Trinajstić information content (AvgIpc) is 2.38. The summed E-state index contributed by atoms with van der Waals surface area (Å²) in [6.07, 6.45) is 0. The lowest BCUT2D eigenvalue weighted by molar-refractivity contribution is 0.587. The van der Waals surface area contributed by atoms with Crippen molar-refractivity contribution in [1.82, 2.24) is 5.32 Å². The van der Waals surface area contributed by atoms with Gasteiger partial charge in [0.2, 0.25) is 0 Å². The van der Waals surface area contributed by atoms with E-state index in [0.717, 1.165) is 16.7 Å². The lowest BCUT2D eigenvalue weighted by Crippen LogP contribution is -2.22. The van der Waals surface area contributed by atoms with Gasteiger partial charge in [0.05, 0.1) is 0 Å². The van der Waals surface area contributed by atoms with Gasteiger partial charge in [-0.25, -0.2) is 8.78 Å². The second-order valence-corrected chi connectivity index (χ2v) is 4.84. The molecule has 1 nitrogen and oxygen atoms in total. The molecule has 0 saturated carbocycles. The smallest absolute Gasteiger partial charge is 0.123 e. The molecule has 0 atom stereocenters. The Morgan fingerprint density at radius 3 is 2.21 bits per heavy atom. The summed E-state index contributed by atoms with van der Waals surface area (Å²) < 4.78 is 26.4. The van der Waals surface area contributed by atoms with Crippen molar-refractivity contribution in [2.75, 3.05) is 0 Å². The third kappa shape index (κ3) is 3.61. The molecule has 0 amide bonds. The van der Waals surface area contributed by atoms with Crippen LogP contribution in [0.3, 0.4) is 0 Å². The van der Waals surface area contributed by atoms with Gasteiger partial charge in [-0.15, -0.1) is 0 Å². The molecule has 0 fully saturated rings. The molecule has 19 heavy (non-hydrogen) atoms. The van der Waals surface area contributed by atoms with Gasteiger partial charge < -0.3 is 5.32 Å². The summed E-state index contributed by atoms with van der Waals surface area (Å²) in [6, 6.07) is 11.2. The van der Waals surface area contributed by atoms with Crippen molar-refractivity contribution >= 4 is 0 Å². The van der Waals surface area contributed by atoms with E-state index in [1.54, 1.807) is 18.2 Å². The largest absolute Gasteiger partial charge is 0.310 e. The van der Waals surface area contributed by atoms with E-state index in [9.17, 15) is 8.78 Å². The van der Waals surface area contributed by atoms with E-state index in [1.165, 1.54) is 24.3 Å². The quantitative estimate of drug-likeness (QED) is 0.872. The van der Waals surface area contributed by atoms with Crippen LogP contribution in [0.15, 0.2) is 42.5 Å². The maximum atomic E-state index is 13.4. The highest BCUT2D eigenvalue weighted by atomic mass is 19.1. The van der Waals surface area contributed by atoms with Crippen molar-refractivity contribution in [2.24, 2.45) is 0 Å². The third-order valence-corrected chi connectivity index (χ3v) is 2.93. The van der Waals surface area contributed by atoms with E-state index < -0.39 is 0 Å². The minimum atomic E-state index is -0.290. The van der Waals surface area contributed by atoms with Crippen LogP contribution < -0.4 is 5.32 Å². The van der Waals surface area contributed by atoms with Crippen LogP contribution in [0, 0.1) is 11.6 Å². The Bertz CT molecular complexity index is 547. The van der Waals surface area contributed by atoms with Crippen LogP contribution in [0.25, 0.3) is 11.1 Å². The molecular weight excluding hydrogens is 244 g/mol. The SMILES string of the molecule is CC(C)NCc1ccc(F)cc1-c1ccc(F)cc1. The molecule has 100 valence electrons. The van der Waals surface area contributed by atoms with Crippen LogP contribution >= 0.6 is 0 Å². The summed E-state index contributed by atoms with van der Waals surface area (Å²) in [4.78, 5) is 0. The maximum absolute atomic E-state index is 13.4. The molecule has 2 rings (SSSR count). The van der Waals surface area contributed by atoms with Crippen LogP contribution in [-0.4, -0.2) is 6.04 Å². The first-order chi connectivity index (χ1) is 9.06.